The van der Waals surface area contributed by atoms with Gasteiger partial charge in [0.2, 0.25) is 0 Å². The molecule has 1 fully saturated rings. The Labute approximate surface area is 198 Å². The lowest BCUT2D eigenvalue weighted by Crippen LogP contribution is -2.37. The van der Waals surface area contributed by atoms with Crippen LogP contribution in [-0.4, -0.2) is 46.5 Å². The number of nitrogen functional groups attached to an aromatic ring is 1. The van der Waals surface area contributed by atoms with Gasteiger partial charge in [-0.3, -0.25) is 9.48 Å². The first-order chi connectivity index (χ1) is 15.8. The minimum atomic E-state index is -0.546. The van der Waals surface area contributed by atoms with Gasteiger partial charge in [-0.15, -0.1) is 0 Å². The first-order valence-electron chi connectivity index (χ1n) is 10.2. The van der Waals surface area contributed by atoms with Crippen molar-refractivity contribution >= 4 is 39.5 Å². The summed E-state index contributed by atoms with van der Waals surface area (Å²) in [6.45, 7) is 0.326. The van der Waals surface area contributed by atoms with Gasteiger partial charge in [0.15, 0.2) is 5.69 Å². The molecule has 176 valence electrons. The number of hydrogen-bond acceptors (Lipinski definition) is 8. The maximum Gasteiger partial charge on any atom is 0.277 e. The summed E-state index contributed by atoms with van der Waals surface area (Å²) >= 11 is 7.12. The molecule has 0 spiro atoms. The molecule has 1 aliphatic rings. The molecule has 1 saturated heterocycles. The van der Waals surface area contributed by atoms with E-state index in [9.17, 15) is 9.18 Å². The van der Waals surface area contributed by atoms with Crippen molar-refractivity contribution in [2.45, 2.75) is 31.1 Å². The molecule has 3 aromatic rings. The molecule has 1 aliphatic heterocycles. The zero-order valence-corrected chi connectivity index (χ0v) is 19.6. The summed E-state index contributed by atoms with van der Waals surface area (Å²) in [6.07, 6.45) is 2.32. The molecule has 1 amide bonds. The standard InChI is InChI=1S/C21H24ClFN6O3S/c1-29-18(14-7-6-12(24)15(31-2)9-32-14)13(8-26-29)27-20(30)17-19(25)33-21(28-17)16-10(22)4-3-5-11(16)23/h3-5,8,12,14-15H,6-7,9,24-25H2,1-2H3,(H,27,30)/t12-,14+,15+/m1/s1. The van der Waals surface area contributed by atoms with Crippen LogP contribution in [0.4, 0.5) is 15.1 Å². The van der Waals surface area contributed by atoms with Crippen molar-refractivity contribution in [1.82, 2.24) is 14.8 Å². The van der Waals surface area contributed by atoms with E-state index < -0.39 is 11.7 Å². The van der Waals surface area contributed by atoms with Crippen LogP contribution in [0.2, 0.25) is 5.02 Å². The van der Waals surface area contributed by atoms with E-state index in [4.69, 9.17) is 32.5 Å². The predicted molar refractivity (Wildman–Crippen MR) is 125 cm³/mol. The first kappa shape index (κ1) is 23.6. The van der Waals surface area contributed by atoms with E-state index in [1.54, 1.807) is 24.9 Å². The van der Waals surface area contributed by atoms with Gasteiger partial charge in [-0.25, -0.2) is 9.37 Å². The number of nitrogens with zero attached hydrogens (tertiary/aromatic N) is 3. The quantitative estimate of drug-likeness (QED) is 0.495. The number of methoxy groups -OCH3 is 1. The molecule has 0 radical (unpaired) electrons. The van der Waals surface area contributed by atoms with E-state index in [2.05, 4.69) is 15.4 Å². The van der Waals surface area contributed by atoms with Gasteiger partial charge in [-0.2, -0.15) is 5.10 Å². The van der Waals surface area contributed by atoms with Gasteiger partial charge in [0.05, 0.1) is 40.9 Å². The number of thiazole rings is 1. The van der Waals surface area contributed by atoms with Crippen LogP contribution in [0, 0.1) is 5.82 Å². The Kier molecular flexibility index (Phi) is 6.96. The third kappa shape index (κ3) is 4.73. The van der Waals surface area contributed by atoms with Crippen molar-refractivity contribution in [3.05, 3.63) is 46.6 Å². The van der Waals surface area contributed by atoms with Gasteiger partial charge < -0.3 is 26.3 Å². The monoisotopic (exact) mass is 494 g/mol. The molecular weight excluding hydrogens is 471 g/mol. The van der Waals surface area contributed by atoms with Crippen molar-refractivity contribution in [1.29, 1.82) is 0 Å². The third-order valence-corrected chi connectivity index (χ3v) is 6.80. The van der Waals surface area contributed by atoms with Crippen LogP contribution >= 0.6 is 22.9 Å². The molecule has 0 unspecified atom stereocenters. The Balaban J connectivity index is 1.58. The van der Waals surface area contributed by atoms with Crippen LogP contribution in [0.3, 0.4) is 0 Å². The van der Waals surface area contributed by atoms with Crippen LogP contribution in [0.5, 0.6) is 0 Å². The molecule has 0 aliphatic carbocycles. The Hall–Kier alpha value is -2.57. The van der Waals surface area contributed by atoms with Gasteiger partial charge in [0.1, 0.15) is 21.9 Å². The number of carbonyl (C=O) groups excluding carboxylic acids is 1. The summed E-state index contributed by atoms with van der Waals surface area (Å²) in [7, 11) is 3.37. The molecule has 3 atom stereocenters. The lowest BCUT2D eigenvalue weighted by Gasteiger charge is -2.19. The molecule has 5 N–H and O–H groups in total. The van der Waals surface area contributed by atoms with Crippen LogP contribution in [0.15, 0.2) is 24.4 Å². The third-order valence-electron chi connectivity index (χ3n) is 5.59. The first-order valence-corrected chi connectivity index (χ1v) is 11.4. The van der Waals surface area contributed by atoms with Crippen molar-refractivity contribution < 1.29 is 18.7 Å². The van der Waals surface area contributed by atoms with Crippen molar-refractivity contribution in [2.75, 3.05) is 24.8 Å². The fourth-order valence-corrected chi connectivity index (χ4v) is 5.01. The topological polar surface area (TPSA) is 130 Å². The molecule has 9 nitrogen and oxygen atoms in total. The molecule has 12 heteroatoms. The highest BCUT2D eigenvalue weighted by Crippen LogP contribution is 2.37. The van der Waals surface area contributed by atoms with Crippen LogP contribution < -0.4 is 16.8 Å². The normalized spacial score (nSPS) is 21.1. The Morgan fingerprint density at radius 3 is 2.94 bits per heavy atom. The zero-order chi connectivity index (χ0) is 23.7. The molecule has 4 rings (SSSR count). The Morgan fingerprint density at radius 1 is 1.42 bits per heavy atom. The van der Waals surface area contributed by atoms with E-state index in [1.807, 2.05) is 0 Å². The number of ether oxygens (including phenoxy) is 2. The van der Waals surface area contributed by atoms with E-state index in [-0.39, 0.29) is 44.5 Å². The second kappa shape index (κ2) is 9.74. The number of benzene rings is 1. The molecule has 33 heavy (non-hydrogen) atoms. The average molecular weight is 495 g/mol. The van der Waals surface area contributed by atoms with Gasteiger partial charge in [-0.05, 0) is 25.0 Å². The smallest absolute Gasteiger partial charge is 0.277 e. The molecular formula is C21H24ClFN6O3S. The number of halogens is 2. The summed E-state index contributed by atoms with van der Waals surface area (Å²) < 4.78 is 27.4. The highest BCUT2D eigenvalue weighted by Gasteiger charge is 2.30. The van der Waals surface area contributed by atoms with Crippen LogP contribution in [-0.2, 0) is 16.5 Å². The number of nitrogens with two attached hydrogens (primary N) is 2. The molecule has 1 aromatic carbocycles. The number of rotatable bonds is 5. The van der Waals surface area contributed by atoms with Gasteiger partial charge in [0.25, 0.3) is 5.91 Å². The van der Waals surface area contributed by atoms with E-state index >= 15 is 0 Å². The Bertz CT molecular complexity index is 1150. The summed E-state index contributed by atoms with van der Waals surface area (Å²) in [4.78, 5) is 17.3. The largest absolute Gasteiger partial charge is 0.389 e. The molecule has 0 saturated carbocycles. The van der Waals surface area contributed by atoms with Crippen molar-refractivity contribution in [2.24, 2.45) is 12.8 Å². The predicted octanol–water partition coefficient (Wildman–Crippen LogP) is 3.36. The minimum Gasteiger partial charge on any atom is -0.389 e. The van der Waals surface area contributed by atoms with E-state index in [0.717, 1.165) is 11.3 Å². The average Bonchev–Trinajstić information content (AvgIpc) is 3.26. The lowest BCUT2D eigenvalue weighted by molar-refractivity contribution is -0.0211. The van der Waals surface area contributed by atoms with E-state index in [0.29, 0.717) is 30.8 Å². The number of carbonyl (C=O) groups is 1. The van der Waals surface area contributed by atoms with Crippen LogP contribution in [0.1, 0.15) is 35.1 Å². The van der Waals surface area contributed by atoms with Gasteiger partial charge >= 0.3 is 0 Å². The summed E-state index contributed by atoms with van der Waals surface area (Å²) in [5.74, 6) is -1.09. The highest BCUT2D eigenvalue weighted by atomic mass is 35.5. The minimum absolute atomic E-state index is 0.0209. The second-order valence-corrected chi connectivity index (χ2v) is 9.12. The number of hydrogen-bond donors (Lipinski definition) is 3. The number of amides is 1. The van der Waals surface area contributed by atoms with Crippen LogP contribution in [0.25, 0.3) is 10.6 Å². The number of aryl methyl sites for hydroxylation is 1. The summed E-state index contributed by atoms with van der Waals surface area (Å²) in [5.41, 5.74) is 13.5. The summed E-state index contributed by atoms with van der Waals surface area (Å²) in [5, 5.41) is 7.63. The Morgan fingerprint density at radius 2 is 2.21 bits per heavy atom. The molecule has 3 heterocycles. The fraction of sp³-hybridized carbons (Fsp3) is 0.381. The number of anilines is 2. The molecule has 2 aromatic heterocycles. The van der Waals surface area contributed by atoms with Gasteiger partial charge in [0, 0.05) is 20.2 Å². The fourth-order valence-electron chi connectivity index (χ4n) is 3.82. The SMILES string of the molecule is CO[C@H]1CO[C@H](c2c(NC(=O)c3nc(-c4c(F)cccc4Cl)sc3N)cnn2C)CC[C@H]1N. The lowest BCUT2D eigenvalue weighted by atomic mass is 10.0. The summed E-state index contributed by atoms with van der Waals surface area (Å²) in [6, 6.07) is 4.16. The number of aromatic nitrogens is 3. The van der Waals surface area contributed by atoms with Crippen molar-refractivity contribution in [3.63, 3.8) is 0 Å². The second-order valence-electron chi connectivity index (χ2n) is 7.69. The van der Waals surface area contributed by atoms with Crippen molar-refractivity contribution in [3.8, 4) is 10.6 Å². The van der Waals surface area contributed by atoms with Gasteiger partial charge in [-0.1, -0.05) is 29.0 Å². The molecule has 0 bridgehead atoms. The maximum atomic E-state index is 14.3. The zero-order valence-electron chi connectivity index (χ0n) is 18.0. The van der Waals surface area contributed by atoms with E-state index in [1.165, 1.54) is 18.3 Å². The highest BCUT2D eigenvalue weighted by molar-refractivity contribution is 7.19. The number of nitrogens with one attached hydrogen (secondary N) is 1. The maximum absolute atomic E-state index is 14.3.